The molecule has 1 heterocycles. The van der Waals surface area contributed by atoms with Gasteiger partial charge >= 0.3 is 0 Å². The third-order valence-electron chi connectivity index (χ3n) is 3.18. The van der Waals surface area contributed by atoms with E-state index in [1.54, 1.807) is 0 Å². The highest BCUT2D eigenvalue weighted by Crippen LogP contribution is 2.21. The van der Waals surface area contributed by atoms with E-state index in [0.717, 1.165) is 10.4 Å². The first-order valence-electron chi connectivity index (χ1n) is 5.90. The van der Waals surface area contributed by atoms with Gasteiger partial charge in [-0.25, -0.2) is 12.8 Å². The third-order valence-corrected chi connectivity index (χ3v) is 5.14. The van der Waals surface area contributed by atoms with Crippen LogP contribution in [0.4, 0.5) is 4.39 Å². The Bertz CT molecular complexity index is 615. The highest BCUT2D eigenvalue weighted by atomic mass is 32.2. The van der Waals surface area contributed by atoms with Gasteiger partial charge in [-0.15, -0.1) is 0 Å². The fourth-order valence-electron chi connectivity index (χ4n) is 2.00. The second-order valence-corrected chi connectivity index (χ2v) is 6.38. The summed E-state index contributed by atoms with van der Waals surface area (Å²) < 4.78 is 39.2. The lowest BCUT2D eigenvalue weighted by Crippen LogP contribution is -2.55. The summed E-state index contributed by atoms with van der Waals surface area (Å²) in [6, 6.07) is 2.86. The van der Waals surface area contributed by atoms with Crippen LogP contribution in [0.3, 0.4) is 0 Å². The zero-order valence-electron chi connectivity index (χ0n) is 10.7. The van der Waals surface area contributed by atoms with E-state index >= 15 is 0 Å². The highest BCUT2D eigenvalue weighted by Gasteiger charge is 2.35. The number of aryl methyl sites for hydroxylation is 1. The summed E-state index contributed by atoms with van der Waals surface area (Å²) in [6.07, 6.45) is 0. The van der Waals surface area contributed by atoms with Crippen LogP contribution in [0.15, 0.2) is 23.1 Å². The molecule has 0 radical (unpaired) electrons. The minimum Gasteiger partial charge on any atom is -0.353 e. The number of halogens is 1. The lowest BCUT2D eigenvalue weighted by Gasteiger charge is -2.31. The number of rotatable bonds is 2. The Labute approximate surface area is 111 Å². The van der Waals surface area contributed by atoms with Gasteiger partial charge in [0.2, 0.25) is 15.9 Å². The number of hydrogen-bond donors (Lipinski definition) is 1. The molecule has 5 nitrogen and oxygen atoms in total. The maximum atomic E-state index is 13.2. The number of benzene rings is 1. The molecule has 1 fully saturated rings. The molecular weight excluding hydrogens is 271 g/mol. The first kappa shape index (κ1) is 14.0. The van der Waals surface area contributed by atoms with E-state index in [9.17, 15) is 17.6 Å². The third kappa shape index (κ3) is 2.48. The quantitative estimate of drug-likeness (QED) is 0.868. The molecule has 7 heteroatoms. The highest BCUT2D eigenvalue weighted by molar-refractivity contribution is 7.89. The van der Waals surface area contributed by atoms with E-state index in [4.69, 9.17) is 0 Å². The van der Waals surface area contributed by atoms with Crippen molar-refractivity contribution in [2.45, 2.75) is 24.8 Å². The van der Waals surface area contributed by atoms with Gasteiger partial charge in [0.15, 0.2) is 0 Å². The molecule has 1 aromatic rings. The number of sulfonamides is 1. The van der Waals surface area contributed by atoms with Gasteiger partial charge in [0.1, 0.15) is 11.9 Å². The Kier molecular flexibility index (Phi) is 3.60. The Morgan fingerprint density at radius 3 is 2.74 bits per heavy atom. The van der Waals surface area contributed by atoms with Crippen molar-refractivity contribution in [3.05, 3.63) is 29.6 Å². The molecule has 0 bridgehead atoms. The van der Waals surface area contributed by atoms with Gasteiger partial charge in [0.25, 0.3) is 0 Å². The zero-order valence-corrected chi connectivity index (χ0v) is 11.5. The molecule has 1 amide bonds. The summed E-state index contributed by atoms with van der Waals surface area (Å²) in [5.41, 5.74) is 0.259. The molecule has 1 atom stereocenters. The van der Waals surface area contributed by atoms with Crippen LogP contribution >= 0.6 is 0 Å². The van der Waals surface area contributed by atoms with Crippen molar-refractivity contribution < 1.29 is 17.6 Å². The molecule has 2 rings (SSSR count). The number of nitrogens with zero attached hydrogens (tertiary/aromatic N) is 1. The fourth-order valence-corrected chi connectivity index (χ4v) is 3.68. The molecule has 1 aliphatic rings. The molecule has 19 heavy (non-hydrogen) atoms. The van der Waals surface area contributed by atoms with Crippen LogP contribution in [0, 0.1) is 12.7 Å². The van der Waals surface area contributed by atoms with E-state index in [1.165, 1.54) is 26.0 Å². The number of carbonyl (C=O) groups excluding carboxylic acids is 1. The monoisotopic (exact) mass is 286 g/mol. The molecular formula is C12H15FN2O3S. The zero-order chi connectivity index (χ0) is 14.2. The van der Waals surface area contributed by atoms with Crippen LogP contribution in [-0.2, 0) is 14.8 Å². The fraction of sp³-hybridized carbons (Fsp3) is 0.417. The molecule has 0 aromatic heterocycles. The van der Waals surface area contributed by atoms with E-state index in [2.05, 4.69) is 5.32 Å². The van der Waals surface area contributed by atoms with Crippen molar-refractivity contribution in [3.8, 4) is 0 Å². The van der Waals surface area contributed by atoms with E-state index in [1.807, 2.05) is 0 Å². The van der Waals surface area contributed by atoms with Gasteiger partial charge in [0, 0.05) is 13.1 Å². The summed E-state index contributed by atoms with van der Waals surface area (Å²) in [7, 11) is -3.78. The van der Waals surface area contributed by atoms with Gasteiger partial charge in [-0.2, -0.15) is 4.31 Å². The number of piperazine rings is 1. The summed E-state index contributed by atoms with van der Waals surface area (Å²) in [6.45, 7) is 3.53. The SMILES string of the molecule is Cc1cc(S(=O)(=O)N2CCNC(=O)C2C)ccc1F. The molecule has 104 valence electrons. The Morgan fingerprint density at radius 1 is 1.42 bits per heavy atom. The van der Waals surface area contributed by atoms with Crippen molar-refractivity contribution in [1.82, 2.24) is 9.62 Å². The lowest BCUT2D eigenvalue weighted by molar-refractivity contribution is -0.126. The number of nitrogens with one attached hydrogen (secondary N) is 1. The van der Waals surface area contributed by atoms with Crippen LogP contribution in [0.25, 0.3) is 0 Å². The first-order valence-corrected chi connectivity index (χ1v) is 7.34. The second-order valence-electron chi connectivity index (χ2n) is 4.49. The van der Waals surface area contributed by atoms with Crippen LogP contribution in [-0.4, -0.2) is 37.8 Å². The molecule has 0 spiro atoms. The minimum atomic E-state index is -3.78. The molecule has 1 aromatic carbocycles. The van der Waals surface area contributed by atoms with Gasteiger partial charge in [-0.05, 0) is 37.6 Å². The van der Waals surface area contributed by atoms with Crippen LogP contribution in [0.2, 0.25) is 0 Å². The van der Waals surface area contributed by atoms with Crippen molar-refractivity contribution in [1.29, 1.82) is 0 Å². The normalized spacial score (nSPS) is 21.2. The molecule has 1 aliphatic heterocycles. The average molecular weight is 286 g/mol. The minimum absolute atomic E-state index is 0.00736. The van der Waals surface area contributed by atoms with E-state index in [0.29, 0.717) is 0 Å². The van der Waals surface area contributed by atoms with Crippen LogP contribution < -0.4 is 5.32 Å². The van der Waals surface area contributed by atoms with Gasteiger partial charge in [-0.1, -0.05) is 0 Å². The van der Waals surface area contributed by atoms with Gasteiger partial charge in [0.05, 0.1) is 4.90 Å². The Hall–Kier alpha value is -1.47. The van der Waals surface area contributed by atoms with Crippen LogP contribution in [0.5, 0.6) is 0 Å². The molecule has 1 N–H and O–H groups in total. The first-order chi connectivity index (χ1) is 8.84. The van der Waals surface area contributed by atoms with E-state index < -0.39 is 21.9 Å². The topological polar surface area (TPSA) is 66.5 Å². The smallest absolute Gasteiger partial charge is 0.243 e. The standard InChI is InChI=1S/C12H15FN2O3S/c1-8-7-10(3-4-11(8)13)19(17,18)15-6-5-14-12(16)9(15)2/h3-4,7,9H,5-6H2,1-2H3,(H,14,16). The van der Waals surface area contributed by atoms with Crippen molar-refractivity contribution in [2.24, 2.45) is 0 Å². The molecule has 0 aliphatic carbocycles. The number of carbonyl (C=O) groups is 1. The van der Waals surface area contributed by atoms with Gasteiger partial charge < -0.3 is 5.32 Å². The van der Waals surface area contributed by atoms with E-state index in [-0.39, 0.29) is 29.5 Å². The predicted molar refractivity (Wildman–Crippen MR) is 67.5 cm³/mol. The number of amides is 1. The molecule has 1 saturated heterocycles. The van der Waals surface area contributed by atoms with Crippen LogP contribution in [0.1, 0.15) is 12.5 Å². The second kappa shape index (κ2) is 4.90. The summed E-state index contributed by atoms with van der Waals surface area (Å²) in [4.78, 5) is 11.5. The molecule has 1 unspecified atom stereocenters. The summed E-state index contributed by atoms with van der Waals surface area (Å²) in [5, 5.41) is 2.60. The Balaban J connectivity index is 2.41. The average Bonchev–Trinajstić information content (AvgIpc) is 2.35. The summed E-state index contributed by atoms with van der Waals surface area (Å²) in [5.74, 6) is -0.781. The maximum absolute atomic E-state index is 13.2. The van der Waals surface area contributed by atoms with Gasteiger partial charge in [-0.3, -0.25) is 4.79 Å². The Morgan fingerprint density at radius 2 is 2.11 bits per heavy atom. The van der Waals surface area contributed by atoms with Crippen molar-refractivity contribution in [3.63, 3.8) is 0 Å². The van der Waals surface area contributed by atoms with Crippen molar-refractivity contribution >= 4 is 15.9 Å². The van der Waals surface area contributed by atoms with Crippen molar-refractivity contribution in [2.75, 3.05) is 13.1 Å². The largest absolute Gasteiger partial charge is 0.353 e. The number of hydrogen-bond acceptors (Lipinski definition) is 3. The lowest BCUT2D eigenvalue weighted by atomic mass is 10.2. The summed E-state index contributed by atoms with van der Waals surface area (Å²) >= 11 is 0. The predicted octanol–water partition coefficient (Wildman–Crippen LogP) is 0.643. The maximum Gasteiger partial charge on any atom is 0.243 e. The molecule has 0 saturated carbocycles.